The van der Waals surface area contributed by atoms with Crippen molar-refractivity contribution in [2.75, 3.05) is 0 Å². The molecule has 0 aliphatic carbocycles. The number of nitrogens with zero attached hydrogens (tertiary/aromatic N) is 2. The first-order chi connectivity index (χ1) is 7.18. The molecule has 0 N–H and O–H groups in total. The van der Waals surface area contributed by atoms with E-state index in [9.17, 15) is 10.1 Å². The van der Waals surface area contributed by atoms with Crippen molar-refractivity contribution in [2.45, 2.75) is 6.54 Å². The van der Waals surface area contributed by atoms with Gasteiger partial charge < -0.3 is 0 Å². The van der Waals surface area contributed by atoms with E-state index in [-0.39, 0.29) is 11.5 Å². The van der Waals surface area contributed by atoms with Crippen molar-refractivity contribution in [3.05, 3.63) is 50.6 Å². The highest BCUT2D eigenvalue weighted by Crippen LogP contribution is 2.25. The second-order valence-electron chi connectivity index (χ2n) is 3.10. The van der Waals surface area contributed by atoms with Gasteiger partial charge in [-0.15, -0.1) is 0 Å². The molecule has 0 atom stereocenters. The van der Waals surface area contributed by atoms with Gasteiger partial charge in [-0.3, -0.25) is 15.1 Å². The van der Waals surface area contributed by atoms with Crippen molar-refractivity contribution in [3.8, 4) is 0 Å². The van der Waals surface area contributed by atoms with E-state index in [2.05, 4.69) is 20.9 Å². The van der Waals surface area contributed by atoms with Crippen molar-refractivity contribution in [3.63, 3.8) is 0 Å². The highest BCUT2D eigenvalue weighted by atomic mass is 79.9. The van der Waals surface area contributed by atoms with Gasteiger partial charge in [0.25, 0.3) is 0 Å². The zero-order chi connectivity index (χ0) is 10.8. The minimum Gasteiger partial charge on any atom is -0.264 e. The van der Waals surface area contributed by atoms with E-state index in [1.807, 2.05) is 18.2 Å². The fourth-order valence-electron chi connectivity index (χ4n) is 1.46. The lowest BCUT2D eigenvalue weighted by Gasteiger charge is -2.03. The lowest BCUT2D eigenvalue weighted by molar-refractivity contribution is -0.496. The van der Waals surface area contributed by atoms with Crippen LogP contribution in [-0.4, -0.2) is 9.91 Å². The number of benzene rings is 1. The van der Waals surface area contributed by atoms with Crippen LogP contribution in [0.3, 0.4) is 0 Å². The molecule has 2 aromatic rings. The third kappa shape index (κ3) is 1.97. The van der Waals surface area contributed by atoms with Crippen LogP contribution < -0.4 is 0 Å². The molecule has 0 spiro atoms. The SMILES string of the molecule is O=[N+]([O-])Cc1ccc(Br)c2cccnc12. The molecule has 2 rings (SSSR count). The van der Waals surface area contributed by atoms with E-state index in [4.69, 9.17) is 0 Å². The van der Waals surface area contributed by atoms with Gasteiger partial charge in [0.05, 0.1) is 5.52 Å². The molecule has 1 aromatic carbocycles. The number of hydrogen-bond acceptors (Lipinski definition) is 3. The van der Waals surface area contributed by atoms with E-state index in [0.29, 0.717) is 11.1 Å². The van der Waals surface area contributed by atoms with Gasteiger partial charge >= 0.3 is 0 Å². The summed E-state index contributed by atoms with van der Waals surface area (Å²) in [6, 6.07) is 7.23. The molecule has 0 unspecified atom stereocenters. The van der Waals surface area contributed by atoms with Gasteiger partial charge in [-0.1, -0.05) is 22.0 Å². The molecule has 0 radical (unpaired) electrons. The van der Waals surface area contributed by atoms with Crippen LogP contribution in [0.4, 0.5) is 0 Å². The Morgan fingerprint density at radius 3 is 2.93 bits per heavy atom. The topological polar surface area (TPSA) is 56.0 Å². The number of aromatic nitrogens is 1. The highest BCUT2D eigenvalue weighted by Gasteiger charge is 2.09. The summed E-state index contributed by atoms with van der Waals surface area (Å²) in [4.78, 5) is 14.3. The van der Waals surface area contributed by atoms with Crippen LogP contribution in [0.1, 0.15) is 5.56 Å². The molecule has 0 fully saturated rings. The third-order valence-electron chi connectivity index (χ3n) is 2.10. The first-order valence-corrected chi connectivity index (χ1v) is 5.11. The predicted octanol–water partition coefficient (Wildman–Crippen LogP) is 2.77. The van der Waals surface area contributed by atoms with Gasteiger partial charge in [0.2, 0.25) is 6.54 Å². The lowest BCUT2D eigenvalue weighted by atomic mass is 10.1. The number of nitro groups is 1. The number of fused-ring (bicyclic) bond motifs is 1. The summed E-state index contributed by atoms with van der Waals surface area (Å²) in [5.41, 5.74) is 1.32. The second kappa shape index (κ2) is 3.94. The molecular formula is C10H7BrN2O2. The Bertz CT molecular complexity index is 528. The Morgan fingerprint density at radius 1 is 1.40 bits per heavy atom. The molecule has 0 amide bonds. The smallest absolute Gasteiger partial charge is 0.231 e. The van der Waals surface area contributed by atoms with Gasteiger partial charge in [0.1, 0.15) is 0 Å². The van der Waals surface area contributed by atoms with E-state index in [1.54, 1.807) is 12.3 Å². The van der Waals surface area contributed by atoms with Crippen LogP contribution in [0.25, 0.3) is 10.9 Å². The van der Waals surface area contributed by atoms with Crippen molar-refractivity contribution < 1.29 is 4.92 Å². The molecule has 15 heavy (non-hydrogen) atoms. The molecule has 1 aromatic heterocycles. The highest BCUT2D eigenvalue weighted by molar-refractivity contribution is 9.10. The summed E-state index contributed by atoms with van der Waals surface area (Å²) < 4.78 is 0.901. The van der Waals surface area contributed by atoms with Crippen LogP contribution in [0, 0.1) is 10.1 Å². The quantitative estimate of drug-likeness (QED) is 0.621. The molecule has 5 heteroatoms. The van der Waals surface area contributed by atoms with E-state index in [0.717, 1.165) is 9.86 Å². The van der Waals surface area contributed by atoms with Gasteiger partial charge in [0.15, 0.2) is 0 Å². The Kier molecular flexibility index (Phi) is 2.64. The maximum absolute atomic E-state index is 10.5. The van der Waals surface area contributed by atoms with E-state index < -0.39 is 0 Å². The molecule has 0 saturated carbocycles. The Hall–Kier alpha value is -1.49. The molecule has 0 aliphatic heterocycles. The Morgan fingerprint density at radius 2 is 2.20 bits per heavy atom. The zero-order valence-corrected chi connectivity index (χ0v) is 9.27. The van der Waals surface area contributed by atoms with Gasteiger partial charge in [-0.05, 0) is 18.2 Å². The number of rotatable bonds is 2. The van der Waals surface area contributed by atoms with E-state index >= 15 is 0 Å². The normalized spacial score (nSPS) is 10.5. The molecule has 0 aliphatic rings. The largest absolute Gasteiger partial charge is 0.264 e. The van der Waals surface area contributed by atoms with Gasteiger partial charge in [-0.25, -0.2) is 0 Å². The minimum atomic E-state index is -0.350. The first-order valence-electron chi connectivity index (χ1n) is 4.32. The number of halogens is 1. The summed E-state index contributed by atoms with van der Waals surface area (Å²) in [5.74, 6) is 0. The van der Waals surface area contributed by atoms with Crippen molar-refractivity contribution in [2.24, 2.45) is 0 Å². The zero-order valence-electron chi connectivity index (χ0n) is 7.68. The summed E-state index contributed by atoms with van der Waals surface area (Å²) >= 11 is 3.39. The van der Waals surface area contributed by atoms with Crippen LogP contribution in [-0.2, 0) is 6.54 Å². The lowest BCUT2D eigenvalue weighted by Crippen LogP contribution is -1.99. The summed E-state index contributed by atoms with van der Waals surface area (Å²) in [6.07, 6.45) is 1.64. The van der Waals surface area contributed by atoms with Crippen molar-refractivity contribution in [1.82, 2.24) is 4.98 Å². The van der Waals surface area contributed by atoms with Crippen LogP contribution in [0.2, 0.25) is 0 Å². The standard InChI is InChI=1S/C10H7BrN2O2/c11-9-4-3-7(6-13(14)15)10-8(9)2-1-5-12-10/h1-5H,6H2. The monoisotopic (exact) mass is 266 g/mol. The van der Waals surface area contributed by atoms with Crippen LogP contribution in [0.15, 0.2) is 34.9 Å². The van der Waals surface area contributed by atoms with Gasteiger partial charge in [0, 0.05) is 26.5 Å². The summed E-state index contributed by atoms with van der Waals surface area (Å²) in [5, 5.41) is 11.4. The average Bonchev–Trinajstić information content (AvgIpc) is 2.22. The maximum Gasteiger partial charge on any atom is 0.231 e. The Balaban J connectivity index is 2.66. The van der Waals surface area contributed by atoms with Gasteiger partial charge in [-0.2, -0.15) is 0 Å². The summed E-state index contributed by atoms with van der Waals surface area (Å²) in [6.45, 7) is -0.194. The maximum atomic E-state index is 10.5. The van der Waals surface area contributed by atoms with E-state index in [1.165, 1.54) is 0 Å². The third-order valence-corrected chi connectivity index (χ3v) is 2.79. The fraction of sp³-hybridized carbons (Fsp3) is 0.100. The molecule has 4 nitrogen and oxygen atoms in total. The second-order valence-corrected chi connectivity index (χ2v) is 3.95. The van der Waals surface area contributed by atoms with Crippen LogP contribution >= 0.6 is 15.9 Å². The molecular weight excluding hydrogens is 260 g/mol. The van der Waals surface area contributed by atoms with Crippen molar-refractivity contribution >= 4 is 26.8 Å². The fourth-order valence-corrected chi connectivity index (χ4v) is 1.92. The first kappa shape index (κ1) is 10.0. The molecule has 1 heterocycles. The predicted molar refractivity (Wildman–Crippen MR) is 60.1 cm³/mol. The number of hydrogen-bond donors (Lipinski definition) is 0. The van der Waals surface area contributed by atoms with Crippen LogP contribution in [0.5, 0.6) is 0 Å². The molecule has 0 bridgehead atoms. The average molecular weight is 267 g/mol. The minimum absolute atomic E-state index is 0.194. The Labute approximate surface area is 94.2 Å². The van der Waals surface area contributed by atoms with Crippen molar-refractivity contribution in [1.29, 1.82) is 0 Å². The molecule has 76 valence electrons. The number of pyridine rings is 1. The molecule has 0 saturated heterocycles. The summed E-state index contributed by atoms with van der Waals surface area (Å²) in [7, 11) is 0.